The van der Waals surface area contributed by atoms with Gasteiger partial charge in [0.15, 0.2) is 9.84 Å². The second kappa shape index (κ2) is 6.46. The Labute approximate surface area is 126 Å². The minimum absolute atomic E-state index is 0.0527. The first-order chi connectivity index (χ1) is 9.45. The Hall–Kier alpha value is -0.580. The van der Waals surface area contributed by atoms with Gasteiger partial charge < -0.3 is 5.32 Å². The summed E-state index contributed by atoms with van der Waals surface area (Å²) in [7, 11) is -3.30. The summed E-state index contributed by atoms with van der Waals surface area (Å²) >= 11 is 5.84. The van der Waals surface area contributed by atoms with E-state index in [1.807, 2.05) is 6.92 Å². The van der Waals surface area contributed by atoms with Gasteiger partial charge in [-0.05, 0) is 56.0 Å². The molecule has 0 aliphatic heterocycles. The molecule has 1 aromatic carbocycles. The molecule has 1 fully saturated rings. The molecule has 3 atom stereocenters. The van der Waals surface area contributed by atoms with E-state index in [4.69, 9.17) is 11.6 Å². The Morgan fingerprint density at radius 2 is 1.90 bits per heavy atom. The SMILES string of the molecule is CCNC1CCC(C)CC1S(=O)(=O)c1ccc(Cl)cc1. The highest BCUT2D eigenvalue weighted by molar-refractivity contribution is 7.92. The molecule has 1 aliphatic rings. The normalized spacial score (nSPS) is 27.4. The first kappa shape index (κ1) is 15.8. The summed E-state index contributed by atoms with van der Waals surface area (Å²) < 4.78 is 25.7. The van der Waals surface area contributed by atoms with Crippen molar-refractivity contribution < 1.29 is 8.42 Å². The number of benzene rings is 1. The fourth-order valence-corrected chi connectivity index (χ4v) is 5.20. The van der Waals surface area contributed by atoms with Crippen molar-refractivity contribution in [1.82, 2.24) is 5.32 Å². The third-order valence-corrected chi connectivity index (χ3v) is 6.56. The number of rotatable bonds is 4. The maximum absolute atomic E-state index is 12.8. The van der Waals surface area contributed by atoms with Crippen LogP contribution in [0.15, 0.2) is 29.2 Å². The van der Waals surface area contributed by atoms with Crippen LogP contribution in [0, 0.1) is 5.92 Å². The summed E-state index contributed by atoms with van der Waals surface area (Å²) in [6.45, 7) is 4.95. The quantitative estimate of drug-likeness (QED) is 0.927. The largest absolute Gasteiger partial charge is 0.313 e. The highest BCUT2D eigenvalue weighted by atomic mass is 35.5. The lowest BCUT2D eigenvalue weighted by Crippen LogP contribution is -2.47. The number of hydrogen-bond acceptors (Lipinski definition) is 3. The lowest BCUT2D eigenvalue weighted by molar-refractivity contribution is 0.311. The maximum Gasteiger partial charge on any atom is 0.182 e. The Balaban J connectivity index is 2.31. The van der Waals surface area contributed by atoms with Crippen LogP contribution in [-0.2, 0) is 9.84 Å². The minimum Gasteiger partial charge on any atom is -0.313 e. The molecule has 1 N–H and O–H groups in total. The number of sulfone groups is 1. The number of hydrogen-bond donors (Lipinski definition) is 1. The molecule has 1 aliphatic carbocycles. The van der Waals surface area contributed by atoms with Gasteiger partial charge in [-0.1, -0.05) is 25.4 Å². The molecule has 5 heteroatoms. The van der Waals surface area contributed by atoms with Gasteiger partial charge in [0.1, 0.15) is 0 Å². The molecule has 112 valence electrons. The molecule has 0 bridgehead atoms. The topological polar surface area (TPSA) is 46.2 Å². The van der Waals surface area contributed by atoms with E-state index in [-0.39, 0.29) is 11.3 Å². The Bertz CT molecular complexity index is 541. The lowest BCUT2D eigenvalue weighted by atomic mass is 9.87. The Morgan fingerprint density at radius 1 is 1.25 bits per heavy atom. The van der Waals surface area contributed by atoms with Gasteiger partial charge in [0.2, 0.25) is 0 Å². The molecule has 0 saturated heterocycles. The zero-order chi connectivity index (χ0) is 14.8. The summed E-state index contributed by atoms with van der Waals surface area (Å²) in [5.74, 6) is 0.456. The van der Waals surface area contributed by atoms with Crippen LogP contribution in [0.25, 0.3) is 0 Å². The standard InChI is InChI=1S/C15H22ClNO2S/c1-3-17-14-9-4-11(2)10-15(14)20(18,19)13-7-5-12(16)6-8-13/h5-8,11,14-15,17H,3-4,9-10H2,1-2H3. The van der Waals surface area contributed by atoms with E-state index >= 15 is 0 Å². The molecule has 0 radical (unpaired) electrons. The highest BCUT2D eigenvalue weighted by Gasteiger charge is 2.38. The molecule has 0 aromatic heterocycles. The number of nitrogens with one attached hydrogen (secondary N) is 1. The first-order valence-corrected chi connectivity index (χ1v) is 9.10. The summed E-state index contributed by atoms with van der Waals surface area (Å²) in [6, 6.07) is 6.56. The molecule has 0 spiro atoms. The first-order valence-electron chi connectivity index (χ1n) is 7.18. The van der Waals surface area contributed by atoms with Gasteiger partial charge in [-0.25, -0.2) is 8.42 Å². The molecule has 20 heavy (non-hydrogen) atoms. The summed E-state index contributed by atoms with van der Waals surface area (Å²) in [5, 5.41) is 3.56. The van der Waals surface area contributed by atoms with Gasteiger partial charge in [-0.15, -0.1) is 0 Å². The van der Waals surface area contributed by atoms with Crippen molar-refractivity contribution in [2.75, 3.05) is 6.54 Å². The molecule has 3 unspecified atom stereocenters. The van der Waals surface area contributed by atoms with E-state index in [0.29, 0.717) is 15.8 Å². The molecule has 0 amide bonds. The minimum atomic E-state index is -3.30. The van der Waals surface area contributed by atoms with Crippen molar-refractivity contribution in [2.45, 2.75) is 49.3 Å². The van der Waals surface area contributed by atoms with Crippen LogP contribution in [-0.4, -0.2) is 26.3 Å². The monoisotopic (exact) mass is 315 g/mol. The van der Waals surface area contributed by atoms with Gasteiger partial charge >= 0.3 is 0 Å². The summed E-state index contributed by atoms with van der Waals surface area (Å²) in [6.07, 6.45) is 2.74. The van der Waals surface area contributed by atoms with Crippen LogP contribution in [0.1, 0.15) is 33.1 Å². The van der Waals surface area contributed by atoms with E-state index < -0.39 is 9.84 Å². The second-order valence-electron chi connectivity index (χ2n) is 5.62. The highest BCUT2D eigenvalue weighted by Crippen LogP contribution is 2.32. The molecular formula is C15H22ClNO2S. The molecular weight excluding hydrogens is 294 g/mol. The number of halogens is 1. The van der Waals surface area contributed by atoms with Gasteiger partial charge in [0, 0.05) is 11.1 Å². The average Bonchev–Trinajstić information content (AvgIpc) is 2.41. The van der Waals surface area contributed by atoms with Crippen molar-refractivity contribution >= 4 is 21.4 Å². The van der Waals surface area contributed by atoms with Crippen molar-refractivity contribution in [3.05, 3.63) is 29.3 Å². The summed E-state index contributed by atoms with van der Waals surface area (Å²) in [5.41, 5.74) is 0. The van der Waals surface area contributed by atoms with Gasteiger partial charge in [-0.2, -0.15) is 0 Å². The zero-order valence-corrected chi connectivity index (χ0v) is 13.5. The van der Waals surface area contributed by atoms with E-state index in [9.17, 15) is 8.42 Å². The smallest absolute Gasteiger partial charge is 0.182 e. The van der Waals surface area contributed by atoms with E-state index in [0.717, 1.165) is 25.8 Å². The van der Waals surface area contributed by atoms with Crippen molar-refractivity contribution in [2.24, 2.45) is 5.92 Å². The maximum atomic E-state index is 12.8. The zero-order valence-electron chi connectivity index (χ0n) is 12.0. The molecule has 1 aromatic rings. The van der Waals surface area contributed by atoms with Gasteiger partial charge in [0.25, 0.3) is 0 Å². The van der Waals surface area contributed by atoms with Crippen molar-refractivity contribution in [1.29, 1.82) is 0 Å². The fraction of sp³-hybridized carbons (Fsp3) is 0.600. The van der Waals surface area contributed by atoms with E-state index in [1.165, 1.54) is 0 Å². The van der Waals surface area contributed by atoms with Crippen LogP contribution in [0.2, 0.25) is 5.02 Å². The van der Waals surface area contributed by atoms with Gasteiger partial charge in [0.05, 0.1) is 10.1 Å². The van der Waals surface area contributed by atoms with Crippen molar-refractivity contribution in [3.63, 3.8) is 0 Å². The van der Waals surface area contributed by atoms with E-state index in [2.05, 4.69) is 12.2 Å². The molecule has 2 rings (SSSR count). The van der Waals surface area contributed by atoms with Crippen LogP contribution in [0.4, 0.5) is 0 Å². The average molecular weight is 316 g/mol. The third-order valence-electron chi connectivity index (χ3n) is 4.06. The Morgan fingerprint density at radius 3 is 2.50 bits per heavy atom. The molecule has 3 nitrogen and oxygen atoms in total. The fourth-order valence-electron chi connectivity index (χ4n) is 2.97. The lowest BCUT2D eigenvalue weighted by Gasteiger charge is -2.35. The predicted octanol–water partition coefficient (Wildman–Crippen LogP) is 3.28. The van der Waals surface area contributed by atoms with Crippen LogP contribution >= 0.6 is 11.6 Å². The van der Waals surface area contributed by atoms with Crippen LogP contribution in [0.5, 0.6) is 0 Å². The van der Waals surface area contributed by atoms with Crippen LogP contribution < -0.4 is 5.32 Å². The summed E-state index contributed by atoms with van der Waals surface area (Å²) in [4.78, 5) is 0.379. The molecule has 1 saturated carbocycles. The van der Waals surface area contributed by atoms with Crippen LogP contribution in [0.3, 0.4) is 0 Å². The predicted molar refractivity (Wildman–Crippen MR) is 82.9 cm³/mol. The second-order valence-corrected chi connectivity index (χ2v) is 8.22. The Kier molecular flexibility index (Phi) is 5.10. The molecule has 0 heterocycles. The third kappa shape index (κ3) is 3.35. The van der Waals surface area contributed by atoms with E-state index in [1.54, 1.807) is 24.3 Å². The van der Waals surface area contributed by atoms with Crippen molar-refractivity contribution in [3.8, 4) is 0 Å². The van der Waals surface area contributed by atoms with Gasteiger partial charge in [-0.3, -0.25) is 0 Å².